The van der Waals surface area contributed by atoms with E-state index < -0.39 is 5.97 Å². The quantitative estimate of drug-likeness (QED) is 0.869. The maximum Gasteiger partial charge on any atom is 0.335 e. The standard InChI is InChI=1S/C13H14N4O2/c1-8-9(2)16-17-13(15-8)14-7-10-4-3-5-11(6-10)12(18)19/h3-6H,7H2,1-2H3,(H,18,19)(H,14,15,17). The summed E-state index contributed by atoms with van der Waals surface area (Å²) >= 11 is 0. The Bertz CT molecular complexity index is 613. The van der Waals surface area contributed by atoms with Crippen molar-refractivity contribution in [3.05, 3.63) is 46.8 Å². The highest BCUT2D eigenvalue weighted by atomic mass is 16.4. The smallest absolute Gasteiger partial charge is 0.335 e. The fraction of sp³-hybridized carbons (Fsp3) is 0.231. The van der Waals surface area contributed by atoms with E-state index in [2.05, 4.69) is 20.5 Å². The highest BCUT2D eigenvalue weighted by Gasteiger charge is 2.04. The van der Waals surface area contributed by atoms with Crippen molar-refractivity contribution in [1.29, 1.82) is 0 Å². The maximum absolute atomic E-state index is 10.9. The van der Waals surface area contributed by atoms with Crippen LogP contribution in [0, 0.1) is 13.8 Å². The number of anilines is 1. The molecule has 0 aliphatic heterocycles. The van der Waals surface area contributed by atoms with Crippen molar-refractivity contribution < 1.29 is 9.90 Å². The lowest BCUT2D eigenvalue weighted by atomic mass is 10.1. The van der Waals surface area contributed by atoms with Crippen molar-refractivity contribution in [2.24, 2.45) is 0 Å². The van der Waals surface area contributed by atoms with Gasteiger partial charge in [-0.3, -0.25) is 0 Å². The van der Waals surface area contributed by atoms with Crippen LogP contribution in [-0.2, 0) is 6.54 Å². The first-order valence-corrected chi connectivity index (χ1v) is 5.80. The van der Waals surface area contributed by atoms with Gasteiger partial charge >= 0.3 is 5.97 Å². The van der Waals surface area contributed by atoms with E-state index in [1.165, 1.54) is 0 Å². The second-order valence-electron chi connectivity index (χ2n) is 4.17. The third-order valence-electron chi connectivity index (χ3n) is 2.72. The third kappa shape index (κ3) is 3.25. The number of aromatic carboxylic acids is 1. The second-order valence-corrected chi connectivity index (χ2v) is 4.17. The van der Waals surface area contributed by atoms with Crippen molar-refractivity contribution in [3.63, 3.8) is 0 Å². The molecule has 1 aromatic heterocycles. The first-order chi connectivity index (χ1) is 9.06. The number of aromatic nitrogens is 3. The summed E-state index contributed by atoms with van der Waals surface area (Å²) < 4.78 is 0. The lowest BCUT2D eigenvalue weighted by molar-refractivity contribution is 0.0697. The number of hydrogen-bond acceptors (Lipinski definition) is 5. The van der Waals surface area contributed by atoms with Crippen LogP contribution in [0.25, 0.3) is 0 Å². The molecule has 2 rings (SSSR count). The number of carboxylic acids is 1. The Morgan fingerprint density at radius 3 is 2.74 bits per heavy atom. The number of aryl methyl sites for hydroxylation is 2. The molecule has 1 aromatic carbocycles. The normalized spacial score (nSPS) is 10.2. The van der Waals surface area contributed by atoms with Crippen molar-refractivity contribution in [3.8, 4) is 0 Å². The molecule has 98 valence electrons. The van der Waals surface area contributed by atoms with Gasteiger partial charge in [-0.1, -0.05) is 12.1 Å². The fourth-order valence-corrected chi connectivity index (χ4v) is 1.53. The molecule has 0 bridgehead atoms. The molecule has 0 aliphatic carbocycles. The van der Waals surface area contributed by atoms with Gasteiger partial charge in [0.2, 0.25) is 5.95 Å². The summed E-state index contributed by atoms with van der Waals surface area (Å²) in [6.45, 7) is 4.15. The summed E-state index contributed by atoms with van der Waals surface area (Å²) in [6.07, 6.45) is 0. The van der Waals surface area contributed by atoms with E-state index in [9.17, 15) is 4.79 Å². The number of rotatable bonds is 4. The van der Waals surface area contributed by atoms with Crippen molar-refractivity contribution in [2.75, 3.05) is 5.32 Å². The Labute approximate surface area is 110 Å². The van der Waals surface area contributed by atoms with Crippen LogP contribution in [0.3, 0.4) is 0 Å². The summed E-state index contributed by atoms with van der Waals surface area (Å²) in [6, 6.07) is 6.72. The molecule has 19 heavy (non-hydrogen) atoms. The molecule has 0 aliphatic rings. The van der Waals surface area contributed by atoms with Gasteiger partial charge in [-0.2, -0.15) is 5.10 Å². The number of nitrogens with one attached hydrogen (secondary N) is 1. The number of carboxylic acid groups (broad SMARTS) is 1. The van der Waals surface area contributed by atoms with Gasteiger partial charge in [0.15, 0.2) is 0 Å². The maximum atomic E-state index is 10.9. The zero-order valence-electron chi connectivity index (χ0n) is 10.7. The average Bonchev–Trinajstić information content (AvgIpc) is 2.40. The zero-order valence-corrected chi connectivity index (χ0v) is 10.7. The van der Waals surface area contributed by atoms with Gasteiger partial charge in [-0.05, 0) is 31.5 Å². The fourth-order valence-electron chi connectivity index (χ4n) is 1.53. The molecule has 1 heterocycles. The molecule has 2 aromatic rings. The molecular formula is C13H14N4O2. The minimum atomic E-state index is -0.939. The third-order valence-corrected chi connectivity index (χ3v) is 2.72. The predicted octanol–water partition coefficient (Wildman–Crippen LogP) is 1.80. The largest absolute Gasteiger partial charge is 0.478 e. The van der Waals surface area contributed by atoms with E-state index in [1.54, 1.807) is 18.2 Å². The zero-order chi connectivity index (χ0) is 13.8. The van der Waals surface area contributed by atoms with Crippen LogP contribution in [0.1, 0.15) is 27.3 Å². The summed E-state index contributed by atoms with van der Waals surface area (Å²) in [4.78, 5) is 15.1. The van der Waals surface area contributed by atoms with E-state index in [0.717, 1.165) is 17.0 Å². The van der Waals surface area contributed by atoms with Crippen molar-refractivity contribution >= 4 is 11.9 Å². The Hall–Kier alpha value is -2.50. The minimum absolute atomic E-state index is 0.262. The van der Waals surface area contributed by atoms with E-state index in [1.807, 2.05) is 19.9 Å². The lowest BCUT2D eigenvalue weighted by Gasteiger charge is -2.06. The van der Waals surface area contributed by atoms with Crippen LogP contribution < -0.4 is 5.32 Å². The molecule has 0 amide bonds. The second kappa shape index (κ2) is 5.43. The number of benzene rings is 1. The molecule has 6 heteroatoms. The van der Waals surface area contributed by atoms with E-state index in [0.29, 0.717) is 12.5 Å². The van der Waals surface area contributed by atoms with Crippen LogP contribution in [0.4, 0.5) is 5.95 Å². The molecule has 0 radical (unpaired) electrons. The molecule has 2 N–H and O–H groups in total. The molecule has 0 unspecified atom stereocenters. The van der Waals surface area contributed by atoms with Gasteiger partial charge in [0.1, 0.15) is 0 Å². The monoisotopic (exact) mass is 258 g/mol. The molecule has 0 atom stereocenters. The number of nitrogens with zero attached hydrogens (tertiary/aromatic N) is 3. The minimum Gasteiger partial charge on any atom is -0.478 e. The summed E-state index contributed by atoms with van der Waals surface area (Å²) in [7, 11) is 0. The van der Waals surface area contributed by atoms with Crippen molar-refractivity contribution in [2.45, 2.75) is 20.4 Å². The van der Waals surface area contributed by atoms with Crippen LogP contribution in [0.5, 0.6) is 0 Å². The van der Waals surface area contributed by atoms with E-state index >= 15 is 0 Å². The summed E-state index contributed by atoms with van der Waals surface area (Å²) in [5.74, 6) is -0.505. The molecule has 0 spiro atoms. The highest BCUT2D eigenvalue weighted by molar-refractivity contribution is 5.87. The van der Waals surface area contributed by atoms with Gasteiger partial charge in [0.25, 0.3) is 0 Å². The molecule has 6 nitrogen and oxygen atoms in total. The number of hydrogen-bond donors (Lipinski definition) is 2. The lowest BCUT2D eigenvalue weighted by Crippen LogP contribution is -2.07. The van der Waals surface area contributed by atoms with Crippen LogP contribution in [-0.4, -0.2) is 26.3 Å². The Morgan fingerprint density at radius 1 is 1.26 bits per heavy atom. The first kappa shape index (κ1) is 12.9. The topological polar surface area (TPSA) is 88.0 Å². The predicted molar refractivity (Wildman–Crippen MR) is 70.0 cm³/mol. The van der Waals surface area contributed by atoms with E-state index in [4.69, 9.17) is 5.11 Å². The van der Waals surface area contributed by atoms with Crippen LogP contribution in [0.2, 0.25) is 0 Å². The Kier molecular flexibility index (Phi) is 3.70. The first-order valence-electron chi connectivity index (χ1n) is 5.80. The van der Waals surface area contributed by atoms with Crippen LogP contribution >= 0.6 is 0 Å². The van der Waals surface area contributed by atoms with Gasteiger partial charge < -0.3 is 10.4 Å². The summed E-state index contributed by atoms with van der Waals surface area (Å²) in [5, 5.41) is 19.8. The van der Waals surface area contributed by atoms with Gasteiger partial charge in [0, 0.05) is 6.54 Å². The summed E-state index contributed by atoms with van der Waals surface area (Å²) in [5.41, 5.74) is 2.72. The molecule has 0 saturated carbocycles. The SMILES string of the molecule is Cc1nnc(NCc2cccc(C(=O)O)c2)nc1C. The Balaban J connectivity index is 2.07. The average molecular weight is 258 g/mol. The van der Waals surface area contributed by atoms with Crippen molar-refractivity contribution in [1.82, 2.24) is 15.2 Å². The van der Waals surface area contributed by atoms with Crippen LogP contribution in [0.15, 0.2) is 24.3 Å². The molecule has 0 saturated heterocycles. The van der Waals surface area contributed by atoms with Gasteiger partial charge in [0.05, 0.1) is 17.0 Å². The van der Waals surface area contributed by atoms with Gasteiger partial charge in [-0.25, -0.2) is 9.78 Å². The molecular weight excluding hydrogens is 244 g/mol. The van der Waals surface area contributed by atoms with E-state index in [-0.39, 0.29) is 5.56 Å². The Morgan fingerprint density at radius 2 is 2.05 bits per heavy atom. The highest BCUT2D eigenvalue weighted by Crippen LogP contribution is 2.08. The van der Waals surface area contributed by atoms with Gasteiger partial charge in [-0.15, -0.1) is 5.10 Å². The molecule has 0 fully saturated rings. The number of carbonyl (C=O) groups is 1.